The fourth-order valence-corrected chi connectivity index (χ4v) is 1.22. The van der Waals surface area contributed by atoms with E-state index in [-0.39, 0.29) is 6.42 Å². The second-order valence-corrected chi connectivity index (χ2v) is 3.78. The number of hydrogen-bond acceptors (Lipinski definition) is 2. The Hall–Kier alpha value is -0.910. The number of carbonyl (C=O) groups is 2. The molecule has 0 atom stereocenters. The van der Waals surface area contributed by atoms with Crippen molar-refractivity contribution in [3.05, 3.63) is 33.4 Å². The molecule has 68 valence electrons. The average molecular weight is 290 g/mol. The van der Waals surface area contributed by atoms with Crippen LogP contribution in [-0.2, 0) is 16.0 Å². The number of carboxylic acid groups (broad SMARTS) is 1. The number of halogens is 1. The van der Waals surface area contributed by atoms with Gasteiger partial charge >= 0.3 is 5.97 Å². The van der Waals surface area contributed by atoms with Crippen LogP contribution >= 0.6 is 22.6 Å². The van der Waals surface area contributed by atoms with E-state index < -0.39 is 11.8 Å². The van der Waals surface area contributed by atoms with E-state index in [1.54, 1.807) is 12.1 Å². The predicted molar refractivity (Wildman–Crippen MR) is 55.5 cm³/mol. The number of benzene rings is 1. The summed E-state index contributed by atoms with van der Waals surface area (Å²) in [5, 5.41) is 8.35. The molecule has 1 aromatic rings. The Morgan fingerprint density at radius 3 is 2.23 bits per heavy atom. The number of carboxylic acids is 1. The third-order valence-corrected chi connectivity index (χ3v) is 2.24. The summed E-state index contributed by atoms with van der Waals surface area (Å²) >= 11 is 2.14. The SMILES string of the molecule is O=C(O)C(=O)Cc1ccc(I)cc1. The van der Waals surface area contributed by atoms with Gasteiger partial charge in [-0.15, -0.1) is 0 Å². The summed E-state index contributed by atoms with van der Waals surface area (Å²) < 4.78 is 1.06. The summed E-state index contributed by atoms with van der Waals surface area (Å²) in [5.41, 5.74) is 0.729. The molecule has 0 unspecified atom stereocenters. The second-order valence-electron chi connectivity index (χ2n) is 2.53. The molecule has 0 heterocycles. The van der Waals surface area contributed by atoms with Gasteiger partial charge in [-0.1, -0.05) is 12.1 Å². The van der Waals surface area contributed by atoms with E-state index in [0.29, 0.717) is 0 Å². The normalized spacial score (nSPS) is 9.62. The molecule has 0 radical (unpaired) electrons. The van der Waals surface area contributed by atoms with E-state index in [0.717, 1.165) is 9.13 Å². The Bertz CT molecular complexity index is 329. The third kappa shape index (κ3) is 3.14. The summed E-state index contributed by atoms with van der Waals surface area (Å²) in [5.74, 6) is -2.15. The maximum absolute atomic E-state index is 10.8. The number of hydrogen-bond donors (Lipinski definition) is 1. The van der Waals surface area contributed by atoms with Gasteiger partial charge in [0.1, 0.15) is 0 Å². The van der Waals surface area contributed by atoms with Crippen molar-refractivity contribution in [3.8, 4) is 0 Å². The van der Waals surface area contributed by atoms with Crippen LogP contribution in [0.25, 0.3) is 0 Å². The fourth-order valence-electron chi connectivity index (χ4n) is 0.863. The molecular formula is C9H7IO3. The maximum Gasteiger partial charge on any atom is 0.372 e. The Morgan fingerprint density at radius 1 is 1.23 bits per heavy atom. The van der Waals surface area contributed by atoms with Crippen LogP contribution in [-0.4, -0.2) is 16.9 Å². The van der Waals surface area contributed by atoms with E-state index >= 15 is 0 Å². The van der Waals surface area contributed by atoms with E-state index in [2.05, 4.69) is 22.6 Å². The molecule has 0 aromatic heterocycles. The minimum atomic E-state index is -1.38. The van der Waals surface area contributed by atoms with Crippen molar-refractivity contribution in [2.75, 3.05) is 0 Å². The zero-order valence-corrected chi connectivity index (χ0v) is 8.82. The first-order valence-corrected chi connectivity index (χ1v) is 4.68. The summed E-state index contributed by atoms with van der Waals surface area (Å²) in [6, 6.07) is 7.18. The lowest BCUT2D eigenvalue weighted by Gasteiger charge is -1.97. The Kier molecular flexibility index (Phi) is 3.41. The van der Waals surface area contributed by atoms with Crippen molar-refractivity contribution >= 4 is 34.3 Å². The summed E-state index contributed by atoms with van der Waals surface area (Å²) in [6.45, 7) is 0. The standard InChI is InChI=1S/C9H7IO3/c10-7-3-1-6(2-4-7)5-8(11)9(12)13/h1-4H,5H2,(H,12,13). The van der Waals surface area contributed by atoms with Crippen molar-refractivity contribution in [1.82, 2.24) is 0 Å². The van der Waals surface area contributed by atoms with Gasteiger partial charge in [0, 0.05) is 9.99 Å². The van der Waals surface area contributed by atoms with Crippen LogP contribution in [0.5, 0.6) is 0 Å². The zero-order chi connectivity index (χ0) is 9.84. The first-order chi connectivity index (χ1) is 6.09. The first kappa shape index (κ1) is 10.2. The van der Waals surface area contributed by atoms with Crippen molar-refractivity contribution in [3.63, 3.8) is 0 Å². The number of rotatable bonds is 3. The van der Waals surface area contributed by atoms with Crippen LogP contribution in [0.3, 0.4) is 0 Å². The van der Waals surface area contributed by atoms with Gasteiger partial charge in [0.05, 0.1) is 0 Å². The van der Waals surface area contributed by atoms with Crippen molar-refractivity contribution in [2.45, 2.75) is 6.42 Å². The molecule has 4 heteroatoms. The lowest BCUT2D eigenvalue weighted by atomic mass is 10.1. The monoisotopic (exact) mass is 290 g/mol. The molecular weight excluding hydrogens is 283 g/mol. The molecule has 1 N–H and O–H groups in total. The summed E-state index contributed by atoms with van der Waals surface area (Å²) in [4.78, 5) is 21.0. The van der Waals surface area contributed by atoms with Crippen LogP contribution in [0.2, 0.25) is 0 Å². The molecule has 0 aliphatic carbocycles. The Morgan fingerprint density at radius 2 is 1.77 bits per heavy atom. The average Bonchev–Trinajstić information content (AvgIpc) is 2.08. The van der Waals surface area contributed by atoms with E-state index in [4.69, 9.17) is 5.11 Å². The predicted octanol–water partition coefficient (Wildman–Crippen LogP) is 1.49. The quantitative estimate of drug-likeness (QED) is 0.678. The van der Waals surface area contributed by atoms with Crippen LogP contribution in [0.15, 0.2) is 24.3 Å². The third-order valence-electron chi connectivity index (χ3n) is 1.52. The lowest BCUT2D eigenvalue weighted by Crippen LogP contribution is -2.14. The molecule has 0 saturated heterocycles. The van der Waals surface area contributed by atoms with Gasteiger partial charge < -0.3 is 5.11 Å². The fraction of sp³-hybridized carbons (Fsp3) is 0.111. The number of carbonyl (C=O) groups excluding carboxylic acids is 1. The largest absolute Gasteiger partial charge is 0.475 e. The van der Waals surface area contributed by atoms with Gasteiger partial charge in [-0.3, -0.25) is 4.79 Å². The number of Topliss-reactive ketones (excluding diaryl/α,β-unsaturated/α-hetero) is 1. The highest BCUT2D eigenvalue weighted by molar-refractivity contribution is 14.1. The molecule has 0 fully saturated rings. The van der Waals surface area contributed by atoms with Gasteiger partial charge in [0.25, 0.3) is 0 Å². The van der Waals surface area contributed by atoms with Gasteiger partial charge in [-0.2, -0.15) is 0 Å². The van der Waals surface area contributed by atoms with Crippen molar-refractivity contribution in [2.24, 2.45) is 0 Å². The molecule has 0 aliphatic heterocycles. The topological polar surface area (TPSA) is 54.4 Å². The van der Waals surface area contributed by atoms with Crippen LogP contribution in [0.4, 0.5) is 0 Å². The minimum absolute atomic E-state index is 0.0355. The molecule has 3 nitrogen and oxygen atoms in total. The molecule has 13 heavy (non-hydrogen) atoms. The highest BCUT2D eigenvalue weighted by atomic mass is 127. The van der Waals surface area contributed by atoms with Crippen LogP contribution < -0.4 is 0 Å². The van der Waals surface area contributed by atoms with Gasteiger partial charge in [-0.05, 0) is 40.3 Å². The first-order valence-electron chi connectivity index (χ1n) is 3.60. The van der Waals surface area contributed by atoms with Gasteiger partial charge in [0.2, 0.25) is 5.78 Å². The molecule has 0 spiro atoms. The van der Waals surface area contributed by atoms with Gasteiger partial charge in [-0.25, -0.2) is 4.79 Å². The molecule has 0 amide bonds. The van der Waals surface area contributed by atoms with Gasteiger partial charge in [0.15, 0.2) is 0 Å². The van der Waals surface area contributed by atoms with E-state index in [9.17, 15) is 9.59 Å². The number of aliphatic carboxylic acids is 1. The van der Waals surface area contributed by atoms with E-state index in [1.807, 2.05) is 12.1 Å². The molecule has 0 saturated carbocycles. The van der Waals surface area contributed by atoms with Crippen LogP contribution in [0, 0.1) is 3.57 Å². The number of ketones is 1. The van der Waals surface area contributed by atoms with Crippen molar-refractivity contribution < 1.29 is 14.7 Å². The smallest absolute Gasteiger partial charge is 0.372 e. The zero-order valence-electron chi connectivity index (χ0n) is 6.66. The maximum atomic E-state index is 10.8. The second kappa shape index (κ2) is 4.36. The van der Waals surface area contributed by atoms with Crippen molar-refractivity contribution in [1.29, 1.82) is 0 Å². The minimum Gasteiger partial charge on any atom is -0.475 e. The highest BCUT2D eigenvalue weighted by Gasteiger charge is 2.11. The molecule has 1 aromatic carbocycles. The molecule has 0 bridgehead atoms. The van der Waals surface area contributed by atoms with Crippen LogP contribution in [0.1, 0.15) is 5.56 Å². The van der Waals surface area contributed by atoms with E-state index in [1.165, 1.54) is 0 Å². The summed E-state index contributed by atoms with van der Waals surface area (Å²) in [6.07, 6.45) is -0.0355. The lowest BCUT2D eigenvalue weighted by molar-refractivity contribution is -0.148. The molecule has 1 rings (SSSR count). The highest BCUT2D eigenvalue weighted by Crippen LogP contribution is 2.07. The molecule has 0 aliphatic rings. The Balaban J connectivity index is 2.70. The Labute approximate surface area is 88.9 Å². The summed E-state index contributed by atoms with van der Waals surface area (Å²) in [7, 11) is 0.